The van der Waals surface area contributed by atoms with Crippen LogP contribution in [0.15, 0.2) is 18.2 Å². The van der Waals surface area contributed by atoms with Crippen molar-refractivity contribution in [3.8, 4) is 11.5 Å². The number of hydrogen-bond donors (Lipinski definition) is 0. The zero-order valence-corrected chi connectivity index (χ0v) is 8.46. The topological polar surface area (TPSA) is 35.5 Å². The van der Waals surface area contributed by atoms with Gasteiger partial charge in [0.05, 0.1) is 7.11 Å². The highest BCUT2D eigenvalue weighted by atomic mass is 16.6. The number of rotatable bonds is 2. The van der Waals surface area contributed by atoms with E-state index in [0.29, 0.717) is 11.5 Å². The third-order valence-corrected chi connectivity index (χ3v) is 2.69. The second kappa shape index (κ2) is 2.74. The number of Topliss-reactive ketones (excluding diaryl/α,β-unsaturated/α-hetero) is 1. The summed E-state index contributed by atoms with van der Waals surface area (Å²) in [5.41, 5.74) is 0.133. The molecule has 0 bridgehead atoms. The smallest absolute Gasteiger partial charge is 0.192 e. The molecule has 3 nitrogen and oxygen atoms in total. The highest BCUT2D eigenvalue weighted by Crippen LogP contribution is 2.49. The Kier molecular flexibility index (Phi) is 1.77. The minimum atomic E-state index is -0.774. The third-order valence-electron chi connectivity index (χ3n) is 2.69. The molecule has 3 heteroatoms. The number of ketones is 1. The van der Waals surface area contributed by atoms with Gasteiger partial charge in [0.25, 0.3) is 0 Å². The fraction of sp³-hybridized carbons (Fsp3) is 0.364. The molecular weight excluding hydrogens is 180 g/mol. The first-order chi connectivity index (χ1) is 6.59. The van der Waals surface area contributed by atoms with Gasteiger partial charge in [0.2, 0.25) is 0 Å². The maximum absolute atomic E-state index is 11.3. The van der Waals surface area contributed by atoms with Crippen molar-refractivity contribution in [3.63, 3.8) is 0 Å². The molecule has 0 N–H and O–H groups in total. The number of methoxy groups -OCH3 is 1. The molecule has 14 heavy (non-hydrogen) atoms. The van der Waals surface area contributed by atoms with Crippen molar-refractivity contribution in [3.05, 3.63) is 23.8 Å². The van der Waals surface area contributed by atoms with E-state index >= 15 is 0 Å². The summed E-state index contributed by atoms with van der Waals surface area (Å²) in [6.45, 7) is 3.31. The molecule has 0 fully saturated rings. The lowest BCUT2D eigenvalue weighted by Gasteiger charge is -2.39. The Labute approximate surface area is 82.6 Å². The van der Waals surface area contributed by atoms with E-state index in [4.69, 9.17) is 9.47 Å². The van der Waals surface area contributed by atoms with Crippen molar-refractivity contribution in [1.82, 2.24) is 0 Å². The van der Waals surface area contributed by atoms with E-state index in [1.807, 2.05) is 18.2 Å². The van der Waals surface area contributed by atoms with Crippen molar-refractivity contribution in [1.29, 1.82) is 0 Å². The van der Waals surface area contributed by atoms with Crippen molar-refractivity contribution in [2.45, 2.75) is 19.4 Å². The molecule has 0 radical (unpaired) electrons. The number of fused-ring (bicyclic) bond motifs is 1. The van der Waals surface area contributed by atoms with Crippen LogP contribution in [0, 0.1) is 0 Å². The summed E-state index contributed by atoms with van der Waals surface area (Å²) in [5, 5.41) is 0. The summed E-state index contributed by atoms with van der Waals surface area (Å²) < 4.78 is 10.6. The van der Waals surface area contributed by atoms with E-state index in [1.54, 1.807) is 14.0 Å². The van der Waals surface area contributed by atoms with Gasteiger partial charge >= 0.3 is 0 Å². The van der Waals surface area contributed by atoms with Crippen LogP contribution in [0.25, 0.3) is 0 Å². The fourth-order valence-electron chi connectivity index (χ4n) is 1.63. The number of ether oxygens (including phenoxy) is 2. The van der Waals surface area contributed by atoms with Crippen molar-refractivity contribution < 1.29 is 14.3 Å². The van der Waals surface area contributed by atoms with Crippen LogP contribution in [0.5, 0.6) is 11.5 Å². The van der Waals surface area contributed by atoms with Gasteiger partial charge in [0.1, 0.15) is 0 Å². The van der Waals surface area contributed by atoms with Crippen LogP contribution >= 0.6 is 0 Å². The predicted molar refractivity (Wildman–Crippen MR) is 51.7 cm³/mol. The monoisotopic (exact) mass is 192 g/mol. The maximum atomic E-state index is 11.3. The first kappa shape index (κ1) is 9.06. The largest absolute Gasteiger partial charge is 0.493 e. The molecule has 0 saturated heterocycles. The highest BCUT2D eigenvalue weighted by molar-refractivity contribution is 5.90. The van der Waals surface area contributed by atoms with E-state index < -0.39 is 5.60 Å². The summed E-state index contributed by atoms with van der Waals surface area (Å²) in [6, 6.07) is 5.57. The van der Waals surface area contributed by atoms with Crippen LogP contribution in [0.2, 0.25) is 0 Å². The van der Waals surface area contributed by atoms with Crippen molar-refractivity contribution in [2.24, 2.45) is 0 Å². The molecule has 1 heterocycles. The first-order valence-electron chi connectivity index (χ1n) is 4.47. The molecular formula is C11H12O3. The van der Waals surface area contributed by atoms with Gasteiger partial charge < -0.3 is 9.47 Å². The van der Waals surface area contributed by atoms with Gasteiger partial charge in [-0.05, 0) is 19.9 Å². The van der Waals surface area contributed by atoms with Gasteiger partial charge in [-0.25, -0.2) is 0 Å². The normalized spacial score (nSPS) is 23.1. The molecule has 0 aromatic heterocycles. The summed E-state index contributed by atoms with van der Waals surface area (Å²) in [7, 11) is 1.59. The molecule has 0 amide bonds. The molecule has 1 aliphatic heterocycles. The number of carbonyl (C=O) groups excluding carboxylic acids is 1. The Morgan fingerprint density at radius 2 is 2.21 bits per heavy atom. The van der Waals surface area contributed by atoms with Crippen LogP contribution in [0.3, 0.4) is 0 Å². The van der Waals surface area contributed by atoms with E-state index in [2.05, 4.69) is 0 Å². The second-order valence-corrected chi connectivity index (χ2v) is 3.53. The molecule has 1 aromatic carbocycles. The van der Waals surface area contributed by atoms with Crippen LogP contribution in [-0.4, -0.2) is 12.9 Å². The van der Waals surface area contributed by atoms with Gasteiger partial charge in [0.15, 0.2) is 22.9 Å². The van der Waals surface area contributed by atoms with E-state index in [0.717, 1.165) is 5.56 Å². The summed E-state index contributed by atoms with van der Waals surface area (Å²) >= 11 is 0. The average molecular weight is 192 g/mol. The molecule has 2 rings (SSSR count). The Morgan fingerprint density at radius 1 is 1.50 bits per heavy atom. The molecule has 1 atom stereocenters. The first-order valence-corrected chi connectivity index (χ1v) is 4.47. The predicted octanol–water partition coefficient (Wildman–Crippen LogP) is 1.89. The van der Waals surface area contributed by atoms with Gasteiger partial charge in [-0.2, -0.15) is 0 Å². The van der Waals surface area contributed by atoms with Gasteiger partial charge in [-0.15, -0.1) is 0 Å². The SMILES string of the molecule is COc1cccc2c1O[C@@]2(C)C(C)=O. The van der Waals surface area contributed by atoms with Crippen LogP contribution in [0.1, 0.15) is 19.4 Å². The maximum Gasteiger partial charge on any atom is 0.192 e. The average Bonchev–Trinajstić information content (AvgIpc) is 2.15. The quantitative estimate of drug-likeness (QED) is 0.717. The van der Waals surface area contributed by atoms with Gasteiger partial charge in [0, 0.05) is 5.56 Å². The van der Waals surface area contributed by atoms with Gasteiger partial charge in [-0.3, -0.25) is 4.79 Å². The molecule has 0 aliphatic carbocycles. The lowest BCUT2D eigenvalue weighted by Crippen LogP contribution is -2.44. The number of carbonyl (C=O) groups is 1. The Hall–Kier alpha value is -1.51. The summed E-state index contributed by atoms with van der Waals surface area (Å²) in [5.74, 6) is 1.38. The highest BCUT2D eigenvalue weighted by Gasteiger charge is 2.46. The van der Waals surface area contributed by atoms with Crippen molar-refractivity contribution in [2.75, 3.05) is 7.11 Å². The zero-order valence-electron chi connectivity index (χ0n) is 8.46. The standard InChI is InChI=1S/C11H12O3/c1-7(12)11(2)8-5-4-6-9(13-3)10(8)14-11/h4-6H,1-3H3/t11-/m0/s1. The molecule has 1 aliphatic rings. The lowest BCUT2D eigenvalue weighted by atomic mass is 9.86. The van der Waals surface area contributed by atoms with Crippen LogP contribution < -0.4 is 9.47 Å². The molecule has 0 saturated carbocycles. The minimum absolute atomic E-state index is 0.0123. The van der Waals surface area contributed by atoms with Gasteiger partial charge in [-0.1, -0.05) is 12.1 Å². The molecule has 74 valence electrons. The molecule has 0 unspecified atom stereocenters. The van der Waals surface area contributed by atoms with Crippen LogP contribution in [-0.2, 0) is 10.4 Å². The Morgan fingerprint density at radius 3 is 2.79 bits per heavy atom. The third kappa shape index (κ3) is 0.953. The minimum Gasteiger partial charge on any atom is -0.493 e. The fourth-order valence-corrected chi connectivity index (χ4v) is 1.63. The van der Waals surface area contributed by atoms with E-state index in [-0.39, 0.29) is 5.78 Å². The zero-order chi connectivity index (χ0) is 10.3. The number of benzene rings is 1. The summed E-state index contributed by atoms with van der Waals surface area (Å²) in [4.78, 5) is 11.3. The van der Waals surface area contributed by atoms with E-state index in [1.165, 1.54) is 6.92 Å². The number of hydrogen-bond acceptors (Lipinski definition) is 3. The Bertz CT molecular complexity index is 398. The lowest BCUT2D eigenvalue weighted by molar-refractivity contribution is -0.136. The second-order valence-electron chi connectivity index (χ2n) is 3.53. The Balaban J connectivity index is 2.49. The molecule has 0 spiro atoms. The molecule has 1 aromatic rings. The summed E-state index contributed by atoms with van der Waals surface area (Å²) in [6.07, 6.45) is 0. The van der Waals surface area contributed by atoms with E-state index in [9.17, 15) is 4.79 Å². The van der Waals surface area contributed by atoms with Crippen molar-refractivity contribution >= 4 is 5.78 Å². The number of para-hydroxylation sites is 1. The van der Waals surface area contributed by atoms with Crippen LogP contribution in [0.4, 0.5) is 0 Å².